The van der Waals surface area contributed by atoms with Gasteiger partial charge in [-0.2, -0.15) is 0 Å². The third-order valence-corrected chi connectivity index (χ3v) is 5.76. The Morgan fingerprint density at radius 3 is 2.59 bits per heavy atom. The van der Waals surface area contributed by atoms with E-state index in [1.165, 1.54) is 5.56 Å². The van der Waals surface area contributed by atoms with Crippen LogP contribution in [0.4, 0.5) is 0 Å². The van der Waals surface area contributed by atoms with Gasteiger partial charge in [-0.1, -0.05) is 30.3 Å². The Bertz CT molecular complexity index is 562. The maximum absolute atomic E-state index is 11.8. The van der Waals surface area contributed by atoms with E-state index in [0.717, 1.165) is 18.6 Å². The molecule has 0 spiro atoms. The van der Waals surface area contributed by atoms with Crippen LogP contribution >= 0.6 is 11.8 Å². The molecule has 5 N–H and O–H groups in total. The number of amides is 1. The topological polar surface area (TPSA) is 113 Å². The number of rotatable bonds is 10. The van der Waals surface area contributed by atoms with E-state index in [1.807, 2.05) is 30.3 Å². The standard InChI is InChI=1S/C19H30N2O5S/c22-11-15-18(25)19(26)16(23)10-21(15)9-5-4-8-20-17(24)13-27-12-14-6-2-1-3-7-14/h1-3,6-7,15-16,18-19,22-23,25-26H,4-5,8-13H2,(H,20,24)/t15-,16+,18-,19-/m1/s1. The van der Waals surface area contributed by atoms with Crippen molar-refractivity contribution in [2.75, 3.05) is 32.0 Å². The molecule has 0 aromatic heterocycles. The Labute approximate surface area is 164 Å². The highest BCUT2D eigenvalue weighted by molar-refractivity contribution is 7.99. The number of nitrogens with one attached hydrogen (secondary N) is 1. The van der Waals surface area contributed by atoms with Crippen molar-refractivity contribution in [1.82, 2.24) is 10.2 Å². The van der Waals surface area contributed by atoms with Crippen LogP contribution in [0.25, 0.3) is 0 Å². The summed E-state index contributed by atoms with van der Waals surface area (Å²) in [4.78, 5) is 13.6. The zero-order valence-corrected chi connectivity index (χ0v) is 16.2. The molecule has 2 rings (SSSR count). The van der Waals surface area contributed by atoms with Crippen molar-refractivity contribution in [3.63, 3.8) is 0 Å². The second-order valence-corrected chi connectivity index (χ2v) is 7.81. The highest BCUT2D eigenvalue weighted by Crippen LogP contribution is 2.19. The van der Waals surface area contributed by atoms with Crippen molar-refractivity contribution in [3.05, 3.63) is 35.9 Å². The van der Waals surface area contributed by atoms with Crippen molar-refractivity contribution >= 4 is 17.7 Å². The first-order chi connectivity index (χ1) is 13.0. The van der Waals surface area contributed by atoms with Crippen molar-refractivity contribution in [2.24, 2.45) is 0 Å². The van der Waals surface area contributed by atoms with Gasteiger partial charge in [0.2, 0.25) is 5.91 Å². The second-order valence-electron chi connectivity index (χ2n) is 6.83. The Morgan fingerprint density at radius 2 is 1.89 bits per heavy atom. The van der Waals surface area contributed by atoms with Gasteiger partial charge >= 0.3 is 0 Å². The molecule has 8 heteroatoms. The minimum Gasteiger partial charge on any atom is -0.395 e. The van der Waals surface area contributed by atoms with Crippen LogP contribution in [0.1, 0.15) is 18.4 Å². The lowest BCUT2D eigenvalue weighted by Gasteiger charge is -2.43. The highest BCUT2D eigenvalue weighted by Gasteiger charge is 2.40. The van der Waals surface area contributed by atoms with Gasteiger partial charge in [0.1, 0.15) is 12.2 Å². The number of aliphatic hydroxyl groups excluding tert-OH is 4. The van der Waals surface area contributed by atoms with E-state index in [9.17, 15) is 25.2 Å². The third kappa shape index (κ3) is 7.06. The molecule has 0 radical (unpaired) electrons. The molecule has 1 aliphatic heterocycles. The summed E-state index contributed by atoms with van der Waals surface area (Å²) in [6.07, 6.45) is -1.91. The molecule has 1 saturated heterocycles. The molecule has 1 fully saturated rings. The number of likely N-dealkylation sites (tertiary alicyclic amines) is 1. The number of carbonyl (C=O) groups excluding carboxylic acids is 1. The maximum atomic E-state index is 11.8. The number of hydrogen-bond acceptors (Lipinski definition) is 7. The highest BCUT2D eigenvalue weighted by atomic mass is 32.2. The van der Waals surface area contributed by atoms with Crippen LogP contribution in [0.15, 0.2) is 30.3 Å². The monoisotopic (exact) mass is 398 g/mol. The van der Waals surface area contributed by atoms with Crippen LogP contribution in [0.3, 0.4) is 0 Å². The lowest BCUT2D eigenvalue weighted by molar-refractivity contribution is -0.145. The number of thioether (sulfide) groups is 1. The van der Waals surface area contributed by atoms with Crippen molar-refractivity contribution < 1.29 is 25.2 Å². The Morgan fingerprint density at radius 1 is 1.15 bits per heavy atom. The minimum atomic E-state index is -1.23. The summed E-state index contributed by atoms with van der Waals surface area (Å²) in [7, 11) is 0. The van der Waals surface area contributed by atoms with Gasteiger partial charge in [-0.25, -0.2) is 0 Å². The van der Waals surface area contributed by atoms with E-state index in [1.54, 1.807) is 16.7 Å². The fraction of sp³-hybridized carbons (Fsp3) is 0.632. The zero-order chi connectivity index (χ0) is 19.6. The van der Waals surface area contributed by atoms with Gasteiger partial charge in [-0.15, -0.1) is 11.8 Å². The van der Waals surface area contributed by atoms with E-state index in [0.29, 0.717) is 18.8 Å². The van der Waals surface area contributed by atoms with Gasteiger partial charge in [0.15, 0.2) is 0 Å². The fourth-order valence-electron chi connectivity index (χ4n) is 3.19. The number of nitrogens with zero attached hydrogens (tertiary/aromatic N) is 1. The third-order valence-electron chi connectivity index (χ3n) is 4.75. The summed E-state index contributed by atoms with van der Waals surface area (Å²) < 4.78 is 0. The largest absolute Gasteiger partial charge is 0.395 e. The first-order valence-electron chi connectivity index (χ1n) is 9.30. The Hall–Kier alpha value is -1.16. The van der Waals surface area contributed by atoms with E-state index in [-0.39, 0.29) is 19.1 Å². The van der Waals surface area contributed by atoms with Gasteiger partial charge in [0.25, 0.3) is 0 Å². The van der Waals surface area contributed by atoms with Crippen LogP contribution in [-0.2, 0) is 10.5 Å². The molecule has 1 aromatic carbocycles. The molecule has 152 valence electrons. The number of β-amino-alcohol motifs (C(OH)–C–C–N with tert-alkyl or cyclic N) is 1. The first-order valence-corrected chi connectivity index (χ1v) is 10.5. The van der Waals surface area contributed by atoms with Crippen molar-refractivity contribution in [2.45, 2.75) is 42.9 Å². The molecular formula is C19H30N2O5S. The molecule has 1 aromatic rings. The molecule has 1 amide bonds. The van der Waals surface area contributed by atoms with Crippen LogP contribution in [0.5, 0.6) is 0 Å². The lowest BCUT2D eigenvalue weighted by Crippen LogP contribution is -2.62. The molecule has 0 unspecified atom stereocenters. The van der Waals surface area contributed by atoms with Gasteiger partial charge in [-0.05, 0) is 24.9 Å². The van der Waals surface area contributed by atoms with Crippen LogP contribution < -0.4 is 5.32 Å². The average Bonchev–Trinajstić information content (AvgIpc) is 2.67. The van der Waals surface area contributed by atoms with E-state index in [2.05, 4.69) is 5.32 Å². The number of carbonyl (C=O) groups is 1. The molecular weight excluding hydrogens is 368 g/mol. The minimum absolute atomic E-state index is 0.0103. The molecule has 27 heavy (non-hydrogen) atoms. The van der Waals surface area contributed by atoms with Crippen LogP contribution in [0.2, 0.25) is 0 Å². The molecule has 0 saturated carbocycles. The molecule has 1 heterocycles. The fourth-order valence-corrected chi connectivity index (χ4v) is 4.01. The Kier molecular flexibility index (Phi) is 9.53. The number of benzene rings is 1. The van der Waals surface area contributed by atoms with Gasteiger partial charge in [0.05, 0.1) is 24.5 Å². The summed E-state index contributed by atoms with van der Waals surface area (Å²) in [5.41, 5.74) is 1.20. The number of hydrogen-bond donors (Lipinski definition) is 5. The molecule has 7 nitrogen and oxygen atoms in total. The second kappa shape index (κ2) is 11.6. The van der Waals surface area contributed by atoms with Crippen LogP contribution in [-0.4, -0.2) is 87.6 Å². The van der Waals surface area contributed by atoms with Gasteiger partial charge in [0, 0.05) is 18.8 Å². The smallest absolute Gasteiger partial charge is 0.230 e. The molecule has 1 aliphatic rings. The normalized spacial score (nSPS) is 26.1. The summed E-state index contributed by atoms with van der Waals surface area (Å²) in [5, 5.41) is 41.7. The predicted molar refractivity (Wildman–Crippen MR) is 105 cm³/mol. The zero-order valence-electron chi connectivity index (χ0n) is 15.4. The number of piperidine rings is 1. The SMILES string of the molecule is O=C(CSCc1ccccc1)NCCCCN1C[C@H](O)[C@@H](O)[C@H](O)[C@H]1CO. The quantitative estimate of drug-likeness (QED) is 0.340. The summed E-state index contributed by atoms with van der Waals surface area (Å²) in [6, 6.07) is 9.44. The van der Waals surface area contributed by atoms with Crippen molar-refractivity contribution in [3.8, 4) is 0 Å². The van der Waals surface area contributed by atoms with E-state index in [4.69, 9.17) is 0 Å². The average molecular weight is 399 g/mol. The predicted octanol–water partition coefficient (Wildman–Crippen LogP) is -0.425. The molecule has 0 bridgehead atoms. The Balaban J connectivity index is 1.57. The molecule has 4 atom stereocenters. The summed E-state index contributed by atoms with van der Waals surface area (Å²) >= 11 is 1.58. The van der Waals surface area contributed by atoms with Gasteiger partial charge < -0.3 is 25.7 Å². The van der Waals surface area contributed by atoms with E-state index >= 15 is 0 Å². The van der Waals surface area contributed by atoms with Gasteiger partial charge in [-0.3, -0.25) is 9.69 Å². The summed E-state index contributed by atoms with van der Waals surface area (Å²) in [6.45, 7) is 1.08. The maximum Gasteiger partial charge on any atom is 0.230 e. The lowest BCUT2D eigenvalue weighted by atomic mass is 9.94. The summed E-state index contributed by atoms with van der Waals surface area (Å²) in [5.74, 6) is 1.24. The van der Waals surface area contributed by atoms with Crippen LogP contribution in [0, 0.1) is 0 Å². The number of aliphatic hydroxyl groups is 4. The number of unbranched alkanes of at least 4 members (excludes halogenated alkanes) is 1. The first kappa shape index (κ1) is 22.1. The van der Waals surface area contributed by atoms with E-state index < -0.39 is 24.4 Å². The van der Waals surface area contributed by atoms with Crippen molar-refractivity contribution in [1.29, 1.82) is 0 Å². The molecule has 0 aliphatic carbocycles.